The van der Waals surface area contributed by atoms with Gasteiger partial charge in [0, 0.05) is 30.8 Å². The van der Waals surface area contributed by atoms with E-state index in [1.165, 1.54) is 4.52 Å². The van der Waals surface area contributed by atoms with E-state index in [0.717, 1.165) is 12.4 Å². The highest BCUT2D eigenvalue weighted by Crippen LogP contribution is 2.30. The van der Waals surface area contributed by atoms with Crippen molar-refractivity contribution in [2.45, 2.75) is 25.1 Å². The van der Waals surface area contributed by atoms with Crippen molar-refractivity contribution in [3.05, 3.63) is 54.0 Å². The summed E-state index contributed by atoms with van der Waals surface area (Å²) in [5.74, 6) is 0.0256. The topological polar surface area (TPSA) is 75.4 Å². The van der Waals surface area contributed by atoms with Gasteiger partial charge < -0.3 is 10.2 Å². The zero-order valence-corrected chi connectivity index (χ0v) is 14.7. The number of anilines is 1. The Morgan fingerprint density at radius 2 is 1.86 bits per heavy atom. The SMILES string of the molecule is O=C(c1ccccc1)N1CCC(Nc2cc(C(F)(F)F)nc3ncnn23)CC1. The second-order valence-corrected chi connectivity index (χ2v) is 6.57. The maximum absolute atomic E-state index is 13.1. The minimum atomic E-state index is -4.57. The number of nitrogens with one attached hydrogen (secondary N) is 1. The summed E-state index contributed by atoms with van der Waals surface area (Å²) in [6.07, 6.45) is -2.19. The van der Waals surface area contributed by atoms with Crippen LogP contribution >= 0.6 is 0 Å². The van der Waals surface area contributed by atoms with Gasteiger partial charge in [0.25, 0.3) is 11.7 Å². The number of piperidine rings is 1. The molecule has 4 rings (SSSR count). The molecule has 2 aromatic heterocycles. The molecule has 0 radical (unpaired) electrons. The molecule has 1 aromatic carbocycles. The smallest absolute Gasteiger partial charge is 0.367 e. The van der Waals surface area contributed by atoms with Crippen LogP contribution in [0, 0.1) is 0 Å². The molecule has 0 aliphatic carbocycles. The Hall–Kier alpha value is -3.17. The molecule has 10 heteroatoms. The summed E-state index contributed by atoms with van der Waals surface area (Å²) < 4.78 is 40.5. The van der Waals surface area contributed by atoms with Crippen molar-refractivity contribution in [3.63, 3.8) is 0 Å². The third-order valence-electron chi connectivity index (χ3n) is 4.70. The highest BCUT2D eigenvalue weighted by molar-refractivity contribution is 5.94. The molecule has 0 atom stereocenters. The molecule has 1 fully saturated rings. The molecule has 3 aromatic rings. The van der Waals surface area contributed by atoms with Crippen LogP contribution in [-0.4, -0.2) is 49.5 Å². The molecule has 1 saturated heterocycles. The van der Waals surface area contributed by atoms with Gasteiger partial charge in [0.05, 0.1) is 0 Å². The summed E-state index contributed by atoms with van der Waals surface area (Å²) >= 11 is 0. The van der Waals surface area contributed by atoms with E-state index in [9.17, 15) is 18.0 Å². The molecule has 0 spiro atoms. The number of amides is 1. The number of nitrogens with zero attached hydrogens (tertiary/aromatic N) is 5. The van der Waals surface area contributed by atoms with E-state index in [1.54, 1.807) is 17.0 Å². The molecule has 7 nitrogen and oxygen atoms in total. The Balaban J connectivity index is 1.47. The van der Waals surface area contributed by atoms with Gasteiger partial charge in [0.2, 0.25) is 0 Å². The summed E-state index contributed by atoms with van der Waals surface area (Å²) in [7, 11) is 0. The number of aromatic nitrogens is 4. The third-order valence-corrected chi connectivity index (χ3v) is 4.70. The summed E-state index contributed by atoms with van der Waals surface area (Å²) in [5.41, 5.74) is -0.394. The van der Waals surface area contributed by atoms with Crippen molar-refractivity contribution in [1.29, 1.82) is 0 Å². The average Bonchev–Trinajstić information content (AvgIpc) is 3.17. The lowest BCUT2D eigenvalue weighted by atomic mass is 10.0. The Kier molecular flexibility index (Phi) is 4.62. The van der Waals surface area contributed by atoms with Crippen molar-refractivity contribution < 1.29 is 18.0 Å². The first-order chi connectivity index (χ1) is 13.4. The van der Waals surface area contributed by atoms with Crippen LogP contribution in [0.5, 0.6) is 0 Å². The normalized spacial score (nSPS) is 15.8. The number of likely N-dealkylation sites (tertiary alicyclic amines) is 1. The van der Waals surface area contributed by atoms with Crippen molar-refractivity contribution in [2.24, 2.45) is 0 Å². The van der Waals surface area contributed by atoms with Gasteiger partial charge in [-0.3, -0.25) is 4.79 Å². The number of hydrogen-bond donors (Lipinski definition) is 1. The Labute approximate surface area is 158 Å². The summed E-state index contributed by atoms with van der Waals surface area (Å²) in [6.45, 7) is 1.03. The van der Waals surface area contributed by atoms with Gasteiger partial charge in [-0.15, -0.1) is 0 Å². The van der Waals surface area contributed by atoms with Crippen molar-refractivity contribution >= 4 is 17.5 Å². The standard InChI is InChI=1S/C18H17F3N6O/c19-18(20,21)14-10-15(27-17(25-14)22-11-23-27)24-13-6-8-26(9-7-13)16(28)12-4-2-1-3-5-12/h1-5,10-11,13,24H,6-9H2. The highest BCUT2D eigenvalue weighted by Gasteiger charge is 2.34. The molecular weight excluding hydrogens is 373 g/mol. The fourth-order valence-electron chi connectivity index (χ4n) is 3.26. The highest BCUT2D eigenvalue weighted by atomic mass is 19.4. The summed E-state index contributed by atoms with van der Waals surface area (Å²) in [5, 5.41) is 7.04. The lowest BCUT2D eigenvalue weighted by Crippen LogP contribution is -2.42. The third kappa shape index (κ3) is 3.62. The first-order valence-electron chi connectivity index (χ1n) is 8.80. The number of alkyl halides is 3. The molecule has 0 unspecified atom stereocenters. The van der Waals surface area contributed by atoms with Crippen molar-refractivity contribution in [1.82, 2.24) is 24.5 Å². The summed E-state index contributed by atoms with van der Waals surface area (Å²) in [6, 6.07) is 9.85. The number of fused-ring (bicyclic) bond motifs is 1. The van der Waals surface area contributed by atoms with Gasteiger partial charge in [-0.1, -0.05) is 18.2 Å². The molecule has 146 valence electrons. The van der Waals surface area contributed by atoms with E-state index >= 15 is 0 Å². The zero-order valence-electron chi connectivity index (χ0n) is 14.7. The molecule has 3 heterocycles. The molecule has 1 N–H and O–H groups in total. The van der Waals surface area contributed by atoms with E-state index < -0.39 is 11.9 Å². The van der Waals surface area contributed by atoms with Crippen molar-refractivity contribution in [2.75, 3.05) is 18.4 Å². The number of rotatable bonds is 3. The lowest BCUT2D eigenvalue weighted by molar-refractivity contribution is -0.141. The van der Waals surface area contributed by atoms with Gasteiger partial charge in [-0.2, -0.15) is 27.8 Å². The van der Waals surface area contributed by atoms with Gasteiger partial charge in [-0.05, 0) is 25.0 Å². The number of benzene rings is 1. The number of carbonyl (C=O) groups is 1. The van der Waals surface area contributed by atoms with E-state index in [1.807, 2.05) is 18.2 Å². The predicted molar refractivity (Wildman–Crippen MR) is 94.8 cm³/mol. The first-order valence-corrected chi connectivity index (χ1v) is 8.80. The molecular formula is C18H17F3N6O. The van der Waals surface area contributed by atoms with E-state index in [4.69, 9.17) is 0 Å². The number of carbonyl (C=O) groups excluding carboxylic acids is 1. The fourth-order valence-corrected chi connectivity index (χ4v) is 3.26. The van der Waals surface area contributed by atoms with Gasteiger partial charge in [-0.25, -0.2) is 4.98 Å². The minimum absolute atomic E-state index is 0.0408. The van der Waals surface area contributed by atoms with Crippen LogP contribution in [0.25, 0.3) is 5.78 Å². The fraction of sp³-hybridized carbons (Fsp3) is 0.333. The predicted octanol–water partition coefficient (Wildman–Crippen LogP) is 2.86. The van der Waals surface area contributed by atoms with Crippen LogP contribution in [-0.2, 0) is 6.18 Å². The van der Waals surface area contributed by atoms with Gasteiger partial charge >= 0.3 is 6.18 Å². The van der Waals surface area contributed by atoms with E-state index in [-0.39, 0.29) is 23.5 Å². The minimum Gasteiger partial charge on any atom is -0.367 e. The maximum atomic E-state index is 13.1. The molecule has 0 bridgehead atoms. The van der Waals surface area contributed by atoms with Crippen LogP contribution in [0.1, 0.15) is 28.9 Å². The Bertz CT molecular complexity index is 980. The van der Waals surface area contributed by atoms with E-state index in [2.05, 4.69) is 20.4 Å². The molecule has 1 aliphatic rings. The first kappa shape index (κ1) is 18.2. The molecule has 1 amide bonds. The quantitative estimate of drug-likeness (QED) is 0.744. The molecule has 28 heavy (non-hydrogen) atoms. The lowest BCUT2D eigenvalue weighted by Gasteiger charge is -2.33. The monoisotopic (exact) mass is 390 g/mol. The second-order valence-electron chi connectivity index (χ2n) is 6.57. The van der Waals surface area contributed by atoms with Gasteiger partial charge in [0.1, 0.15) is 12.1 Å². The van der Waals surface area contributed by atoms with Crippen LogP contribution in [0.3, 0.4) is 0 Å². The zero-order chi connectivity index (χ0) is 19.7. The largest absolute Gasteiger partial charge is 0.433 e. The van der Waals surface area contributed by atoms with Crippen LogP contribution in [0.2, 0.25) is 0 Å². The van der Waals surface area contributed by atoms with Crippen LogP contribution < -0.4 is 5.32 Å². The molecule has 0 saturated carbocycles. The van der Waals surface area contributed by atoms with Gasteiger partial charge in [0.15, 0.2) is 5.69 Å². The Morgan fingerprint density at radius 3 is 2.54 bits per heavy atom. The Morgan fingerprint density at radius 1 is 1.14 bits per heavy atom. The number of hydrogen-bond acceptors (Lipinski definition) is 5. The number of halogens is 3. The van der Waals surface area contributed by atoms with E-state index in [0.29, 0.717) is 31.5 Å². The van der Waals surface area contributed by atoms with Crippen molar-refractivity contribution in [3.8, 4) is 0 Å². The maximum Gasteiger partial charge on any atom is 0.433 e. The second kappa shape index (κ2) is 7.10. The average molecular weight is 390 g/mol. The van der Waals surface area contributed by atoms with Crippen LogP contribution in [0.15, 0.2) is 42.7 Å². The summed E-state index contributed by atoms with van der Waals surface area (Å²) in [4.78, 5) is 21.5. The molecule has 1 aliphatic heterocycles. The van der Waals surface area contributed by atoms with Crippen LogP contribution in [0.4, 0.5) is 19.0 Å².